The topological polar surface area (TPSA) is 95.6 Å². The molecule has 37 heavy (non-hydrogen) atoms. The van der Waals surface area contributed by atoms with Crippen LogP contribution >= 0.6 is 0 Å². The van der Waals surface area contributed by atoms with Gasteiger partial charge in [-0.3, -0.25) is 0 Å². The van der Waals surface area contributed by atoms with Crippen molar-refractivity contribution in [2.24, 2.45) is 5.92 Å². The molecule has 0 fully saturated rings. The monoisotopic (exact) mass is 503 g/mol. The van der Waals surface area contributed by atoms with Gasteiger partial charge in [0.05, 0.1) is 12.1 Å². The summed E-state index contributed by atoms with van der Waals surface area (Å²) < 4.78 is 11.7. The van der Waals surface area contributed by atoms with Crippen molar-refractivity contribution in [3.8, 4) is 28.3 Å². The van der Waals surface area contributed by atoms with Gasteiger partial charge in [0, 0.05) is 16.7 Å². The van der Waals surface area contributed by atoms with Crippen molar-refractivity contribution in [3.63, 3.8) is 0 Å². The van der Waals surface area contributed by atoms with Crippen molar-refractivity contribution in [2.75, 3.05) is 6.61 Å². The van der Waals surface area contributed by atoms with Crippen LogP contribution in [0.3, 0.4) is 0 Å². The number of allylic oxidation sites excluding steroid dienone is 1. The van der Waals surface area contributed by atoms with Crippen molar-refractivity contribution in [2.45, 2.75) is 25.4 Å². The van der Waals surface area contributed by atoms with E-state index < -0.39 is 18.7 Å². The van der Waals surface area contributed by atoms with Crippen LogP contribution in [0.2, 0.25) is 0 Å². The number of rotatable bonds is 8. The molecule has 0 bridgehead atoms. The second kappa shape index (κ2) is 12.4. The van der Waals surface area contributed by atoms with E-state index in [1.165, 1.54) is 0 Å². The fourth-order valence-electron chi connectivity index (χ4n) is 4.62. The van der Waals surface area contributed by atoms with Crippen LogP contribution in [-0.2, 0) is 11.2 Å². The van der Waals surface area contributed by atoms with Crippen molar-refractivity contribution in [3.05, 3.63) is 102 Å². The Morgan fingerprint density at radius 1 is 0.973 bits per heavy atom. The van der Waals surface area contributed by atoms with Gasteiger partial charge in [0.25, 0.3) is 0 Å². The molecule has 7 heteroatoms. The minimum absolute atomic E-state index is 0. The number of carbonyl (C=O) groups excluding carboxylic acids is 1. The zero-order chi connectivity index (χ0) is 24.9. The van der Waals surface area contributed by atoms with Gasteiger partial charge in [-0.05, 0) is 49.0 Å². The molecule has 3 aromatic carbocycles. The number of aliphatic carboxylic acids is 1. The molecule has 0 saturated carbocycles. The Morgan fingerprint density at radius 2 is 1.68 bits per heavy atom. The van der Waals surface area contributed by atoms with Gasteiger partial charge in [-0.1, -0.05) is 72.8 Å². The molecule has 5 rings (SSSR count). The molecular weight excluding hydrogens is 477 g/mol. The molecule has 0 aliphatic heterocycles. The Hall–Kier alpha value is -3.16. The quantitative estimate of drug-likeness (QED) is 0.367. The van der Waals surface area contributed by atoms with E-state index in [9.17, 15) is 15.0 Å². The van der Waals surface area contributed by atoms with E-state index in [1.54, 1.807) is 6.07 Å². The largest absolute Gasteiger partial charge is 1.00 e. The van der Waals surface area contributed by atoms with Gasteiger partial charge in [-0.25, -0.2) is 4.98 Å². The normalized spacial score (nSPS) is 16.9. The summed E-state index contributed by atoms with van der Waals surface area (Å²) >= 11 is 0. The summed E-state index contributed by atoms with van der Waals surface area (Å²) in [6.45, 7) is -0.495. The molecule has 1 N–H and O–H groups in total. The number of benzene rings is 3. The maximum Gasteiger partial charge on any atom is 1.00 e. The van der Waals surface area contributed by atoms with Crippen LogP contribution < -0.4 is 39.4 Å². The molecule has 1 aliphatic carbocycles. The van der Waals surface area contributed by atoms with Crippen LogP contribution in [0, 0.1) is 5.92 Å². The summed E-state index contributed by atoms with van der Waals surface area (Å²) in [4.78, 5) is 15.7. The predicted molar refractivity (Wildman–Crippen MR) is 135 cm³/mol. The van der Waals surface area contributed by atoms with Gasteiger partial charge in [-0.2, -0.15) is 0 Å². The van der Waals surface area contributed by atoms with E-state index in [0.717, 1.165) is 34.4 Å². The van der Waals surface area contributed by atoms with Crippen molar-refractivity contribution >= 4 is 11.5 Å². The van der Waals surface area contributed by atoms with E-state index in [1.807, 2.05) is 84.9 Å². The van der Waals surface area contributed by atoms with Gasteiger partial charge >= 0.3 is 29.6 Å². The van der Waals surface area contributed by atoms with Crippen LogP contribution in [0.1, 0.15) is 24.3 Å². The molecule has 1 unspecified atom stereocenters. The Morgan fingerprint density at radius 3 is 2.38 bits per heavy atom. The maximum atomic E-state index is 10.8. The summed E-state index contributed by atoms with van der Waals surface area (Å²) in [5, 5.41) is 21.2. The van der Waals surface area contributed by atoms with Crippen LogP contribution in [0.5, 0.6) is 5.75 Å². The van der Waals surface area contributed by atoms with Crippen molar-refractivity contribution < 1.29 is 53.7 Å². The minimum Gasteiger partial charge on any atom is -0.546 e. The molecule has 0 saturated heterocycles. The van der Waals surface area contributed by atoms with Crippen LogP contribution in [0.4, 0.5) is 0 Å². The summed E-state index contributed by atoms with van der Waals surface area (Å²) in [6, 6.07) is 27.2. The predicted octanol–water partition coefficient (Wildman–Crippen LogP) is 1.54. The number of carboxylic acids is 1. The molecule has 182 valence electrons. The van der Waals surface area contributed by atoms with Crippen molar-refractivity contribution in [1.82, 2.24) is 4.98 Å². The number of oxazole rings is 1. The Labute approximate surface area is 237 Å². The molecule has 6 nitrogen and oxygen atoms in total. The fourth-order valence-corrected chi connectivity index (χ4v) is 4.62. The third-order valence-electron chi connectivity index (χ3n) is 6.32. The number of nitrogens with zero attached hydrogens (tertiary/aromatic N) is 1. The van der Waals surface area contributed by atoms with E-state index in [4.69, 9.17) is 14.1 Å². The Balaban J connectivity index is 0.00000320. The summed E-state index contributed by atoms with van der Waals surface area (Å²) in [5.41, 5.74) is 4.51. The maximum absolute atomic E-state index is 10.8. The Bertz CT molecular complexity index is 1310. The molecule has 1 aliphatic rings. The third kappa shape index (κ3) is 6.59. The average Bonchev–Trinajstić information content (AvgIpc) is 3.35. The number of carboxylic acid groups (broad SMARTS) is 1. The van der Waals surface area contributed by atoms with Gasteiger partial charge in [0.1, 0.15) is 18.1 Å². The molecule has 1 heterocycles. The molecule has 4 aromatic rings. The van der Waals surface area contributed by atoms with Crippen LogP contribution in [-0.4, -0.2) is 28.8 Å². The van der Waals surface area contributed by atoms with E-state index in [0.29, 0.717) is 30.2 Å². The van der Waals surface area contributed by atoms with E-state index >= 15 is 0 Å². The summed E-state index contributed by atoms with van der Waals surface area (Å²) in [7, 11) is 0. The number of aromatic nitrogens is 1. The minimum atomic E-state index is -1.26. The van der Waals surface area contributed by atoms with Crippen molar-refractivity contribution in [1.29, 1.82) is 0 Å². The number of aliphatic hydroxyl groups excluding tert-OH is 1. The van der Waals surface area contributed by atoms with Crippen LogP contribution in [0.15, 0.2) is 95.4 Å². The van der Waals surface area contributed by atoms with Gasteiger partial charge < -0.3 is 24.2 Å². The first kappa shape index (κ1) is 26.9. The standard InChI is InChI=1S/C30H27NO5.Na/c32-24-15-14-23(16-20-8-7-13-25(17-20)35-19-27(33)34)26(18-24)30-31-28(21-9-3-1-4-10-21)29(36-30)22-11-5-2-6-12-22;/h1-13,17-18,23-24,32H,14-16,19H2,(H,33,34);/q;+1/p-1/t23-,24?;/m0./s1. The zero-order valence-electron chi connectivity index (χ0n) is 20.7. The Kier molecular flexibility index (Phi) is 9.00. The van der Waals surface area contributed by atoms with Gasteiger partial charge in [-0.15, -0.1) is 0 Å². The molecule has 1 aromatic heterocycles. The SMILES string of the molecule is O=C([O-])COc1cccc(C[C@@H]2CCC(O)C=C2c2nc(-c3ccccc3)c(-c3ccccc3)o2)c1.[Na+]. The number of hydrogen-bond acceptors (Lipinski definition) is 6. The molecule has 0 amide bonds. The summed E-state index contributed by atoms with van der Waals surface area (Å²) in [5.74, 6) is 0.469. The second-order valence-electron chi connectivity index (χ2n) is 8.90. The zero-order valence-corrected chi connectivity index (χ0v) is 22.7. The first-order chi connectivity index (χ1) is 17.6. The number of ether oxygens (including phenoxy) is 1. The first-order valence-electron chi connectivity index (χ1n) is 12.0. The number of aliphatic hydroxyl groups is 1. The summed E-state index contributed by atoms with van der Waals surface area (Å²) in [6.07, 6.45) is 3.36. The first-order valence-corrected chi connectivity index (χ1v) is 12.0. The third-order valence-corrected chi connectivity index (χ3v) is 6.32. The molecule has 0 spiro atoms. The molecule has 2 atom stereocenters. The molecule has 0 radical (unpaired) electrons. The molecular formula is C30H26NNaO5. The number of carbonyl (C=O) groups is 1. The van der Waals surface area contributed by atoms with E-state index in [2.05, 4.69) is 0 Å². The van der Waals surface area contributed by atoms with E-state index in [-0.39, 0.29) is 35.5 Å². The van der Waals surface area contributed by atoms with Gasteiger partial charge in [0.2, 0.25) is 5.89 Å². The smallest absolute Gasteiger partial charge is 0.546 e. The van der Waals surface area contributed by atoms with Crippen LogP contribution in [0.25, 0.3) is 28.2 Å². The number of hydrogen-bond donors (Lipinski definition) is 1. The average molecular weight is 504 g/mol. The fraction of sp³-hybridized carbons (Fsp3) is 0.200. The van der Waals surface area contributed by atoms with Gasteiger partial charge in [0.15, 0.2) is 5.76 Å². The second-order valence-corrected chi connectivity index (χ2v) is 8.90.